The Hall–Kier alpha value is -1.06. The molecular formula is C24H44O4. The standard InChI is InChI=1S/C24H44O4/c1-4-5-6-7-8-9-10-11-15-18-22(25)27-19-24(2,3)20-28-23(26)21-16-13-12-14-17-21/h21H,4-20H2,1-3H3. The quantitative estimate of drug-likeness (QED) is 0.231. The van der Waals surface area contributed by atoms with Crippen LogP contribution in [0.1, 0.15) is 117 Å². The van der Waals surface area contributed by atoms with Crippen LogP contribution in [-0.4, -0.2) is 25.2 Å². The average Bonchev–Trinajstić information content (AvgIpc) is 2.70. The SMILES string of the molecule is CCCCCCCCCCCC(=O)OCC(C)(C)COC(=O)C1CCCCC1. The van der Waals surface area contributed by atoms with E-state index in [0.29, 0.717) is 19.6 Å². The lowest BCUT2D eigenvalue weighted by molar-refractivity contribution is -0.156. The van der Waals surface area contributed by atoms with Crippen molar-refractivity contribution in [2.75, 3.05) is 13.2 Å². The van der Waals surface area contributed by atoms with Crippen LogP contribution in [0.25, 0.3) is 0 Å². The molecule has 164 valence electrons. The van der Waals surface area contributed by atoms with Gasteiger partial charge in [0, 0.05) is 11.8 Å². The third kappa shape index (κ3) is 12.4. The molecule has 0 aliphatic heterocycles. The zero-order valence-corrected chi connectivity index (χ0v) is 18.7. The molecule has 1 aliphatic carbocycles. The molecule has 0 aromatic rings. The highest BCUT2D eigenvalue weighted by Crippen LogP contribution is 2.26. The summed E-state index contributed by atoms with van der Waals surface area (Å²) in [6.07, 6.45) is 17.0. The van der Waals surface area contributed by atoms with Crippen molar-refractivity contribution in [2.45, 2.75) is 117 Å². The summed E-state index contributed by atoms with van der Waals surface area (Å²) >= 11 is 0. The number of hydrogen-bond acceptors (Lipinski definition) is 4. The molecule has 4 heteroatoms. The summed E-state index contributed by atoms with van der Waals surface area (Å²) in [6.45, 7) is 6.82. The Morgan fingerprint density at radius 1 is 0.786 bits per heavy atom. The van der Waals surface area contributed by atoms with Gasteiger partial charge in [-0.15, -0.1) is 0 Å². The van der Waals surface area contributed by atoms with Crippen molar-refractivity contribution in [1.82, 2.24) is 0 Å². The van der Waals surface area contributed by atoms with E-state index in [9.17, 15) is 9.59 Å². The number of ether oxygens (including phenoxy) is 2. The molecule has 1 saturated carbocycles. The molecule has 0 atom stereocenters. The van der Waals surface area contributed by atoms with E-state index >= 15 is 0 Å². The van der Waals surface area contributed by atoms with Crippen LogP contribution in [-0.2, 0) is 19.1 Å². The molecule has 1 rings (SSSR count). The van der Waals surface area contributed by atoms with Crippen LogP contribution >= 0.6 is 0 Å². The maximum atomic E-state index is 12.2. The Balaban J connectivity index is 2.03. The molecular weight excluding hydrogens is 352 g/mol. The van der Waals surface area contributed by atoms with Crippen LogP contribution in [0.2, 0.25) is 0 Å². The van der Waals surface area contributed by atoms with Crippen molar-refractivity contribution in [3.05, 3.63) is 0 Å². The van der Waals surface area contributed by atoms with E-state index in [1.807, 2.05) is 13.8 Å². The largest absolute Gasteiger partial charge is 0.465 e. The first-order chi connectivity index (χ1) is 13.4. The van der Waals surface area contributed by atoms with Gasteiger partial charge in [-0.25, -0.2) is 0 Å². The molecule has 0 aromatic carbocycles. The summed E-state index contributed by atoms with van der Waals surface area (Å²) < 4.78 is 10.9. The summed E-state index contributed by atoms with van der Waals surface area (Å²) in [4.78, 5) is 24.1. The number of carbonyl (C=O) groups excluding carboxylic acids is 2. The topological polar surface area (TPSA) is 52.6 Å². The van der Waals surface area contributed by atoms with Gasteiger partial charge in [-0.05, 0) is 19.3 Å². The van der Waals surface area contributed by atoms with Gasteiger partial charge in [0.2, 0.25) is 0 Å². The van der Waals surface area contributed by atoms with Crippen molar-refractivity contribution in [1.29, 1.82) is 0 Å². The van der Waals surface area contributed by atoms with E-state index in [0.717, 1.165) is 38.5 Å². The van der Waals surface area contributed by atoms with Crippen LogP contribution in [0.5, 0.6) is 0 Å². The molecule has 0 N–H and O–H groups in total. The van der Waals surface area contributed by atoms with Gasteiger partial charge >= 0.3 is 11.9 Å². The highest BCUT2D eigenvalue weighted by atomic mass is 16.5. The summed E-state index contributed by atoms with van der Waals surface area (Å²) in [5, 5.41) is 0. The van der Waals surface area contributed by atoms with Gasteiger partial charge in [-0.2, -0.15) is 0 Å². The van der Waals surface area contributed by atoms with Crippen molar-refractivity contribution in [3.63, 3.8) is 0 Å². The van der Waals surface area contributed by atoms with Gasteiger partial charge in [-0.1, -0.05) is 91.4 Å². The Morgan fingerprint density at radius 2 is 1.32 bits per heavy atom. The van der Waals surface area contributed by atoms with E-state index < -0.39 is 0 Å². The molecule has 0 radical (unpaired) electrons. The zero-order chi connectivity index (χ0) is 20.7. The first kappa shape index (κ1) is 25.0. The number of rotatable bonds is 15. The minimum Gasteiger partial charge on any atom is -0.465 e. The molecule has 0 saturated heterocycles. The molecule has 1 fully saturated rings. The Bertz CT molecular complexity index is 424. The monoisotopic (exact) mass is 396 g/mol. The van der Waals surface area contributed by atoms with Crippen LogP contribution in [0.4, 0.5) is 0 Å². The maximum absolute atomic E-state index is 12.2. The van der Waals surface area contributed by atoms with Gasteiger partial charge in [0.1, 0.15) is 0 Å². The molecule has 28 heavy (non-hydrogen) atoms. The van der Waals surface area contributed by atoms with Gasteiger partial charge in [0.05, 0.1) is 19.1 Å². The van der Waals surface area contributed by atoms with Gasteiger partial charge in [-0.3, -0.25) is 9.59 Å². The van der Waals surface area contributed by atoms with E-state index in [-0.39, 0.29) is 23.3 Å². The lowest BCUT2D eigenvalue weighted by atomic mass is 9.89. The molecule has 0 unspecified atom stereocenters. The minimum atomic E-state index is -0.335. The average molecular weight is 397 g/mol. The fourth-order valence-electron chi connectivity index (χ4n) is 3.69. The van der Waals surface area contributed by atoms with E-state index in [1.165, 1.54) is 51.4 Å². The van der Waals surface area contributed by atoms with Gasteiger partial charge < -0.3 is 9.47 Å². The molecule has 4 nitrogen and oxygen atoms in total. The van der Waals surface area contributed by atoms with Crippen molar-refractivity contribution in [3.8, 4) is 0 Å². The first-order valence-corrected chi connectivity index (χ1v) is 11.8. The van der Waals surface area contributed by atoms with E-state index in [4.69, 9.17) is 9.47 Å². The van der Waals surface area contributed by atoms with Crippen molar-refractivity contribution >= 4 is 11.9 Å². The summed E-state index contributed by atoms with van der Waals surface area (Å²) in [5.41, 5.74) is -0.335. The third-order valence-electron chi connectivity index (χ3n) is 5.65. The summed E-state index contributed by atoms with van der Waals surface area (Å²) in [7, 11) is 0. The predicted octanol–water partition coefficient (Wildman–Crippen LogP) is 6.60. The van der Waals surface area contributed by atoms with Crippen LogP contribution in [0, 0.1) is 11.3 Å². The van der Waals surface area contributed by atoms with Crippen LogP contribution in [0.15, 0.2) is 0 Å². The van der Waals surface area contributed by atoms with Crippen molar-refractivity contribution < 1.29 is 19.1 Å². The second kappa shape index (κ2) is 14.9. The summed E-state index contributed by atoms with van der Waals surface area (Å²) in [5.74, 6) is -0.137. The maximum Gasteiger partial charge on any atom is 0.308 e. The molecule has 0 spiro atoms. The smallest absolute Gasteiger partial charge is 0.308 e. The van der Waals surface area contributed by atoms with Crippen LogP contribution < -0.4 is 0 Å². The number of unbranched alkanes of at least 4 members (excludes halogenated alkanes) is 8. The Morgan fingerprint density at radius 3 is 1.93 bits per heavy atom. The van der Waals surface area contributed by atoms with E-state index in [2.05, 4.69) is 6.92 Å². The van der Waals surface area contributed by atoms with Crippen LogP contribution in [0.3, 0.4) is 0 Å². The fourth-order valence-corrected chi connectivity index (χ4v) is 3.69. The molecule has 0 amide bonds. The number of carbonyl (C=O) groups is 2. The zero-order valence-electron chi connectivity index (χ0n) is 18.7. The van der Waals surface area contributed by atoms with Gasteiger partial charge in [0.25, 0.3) is 0 Å². The molecule has 0 bridgehead atoms. The normalized spacial score (nSPS) is 15.4. The summed E-state index contributed by atoms with van der Waals surface area (Å²) in [6, 6.07) is 0. The predicted molar refractivity (Wildman–Crippen MR) is 114 cm³/mol. The fraction of sp³-hybridized carbons (Fsp3) is 0.917. The molecule has 1 aliphatic rings. The minimum absolute atomic E-state index is 0.0683. The van der Waals surface area contributed by atoms with Gasteiger partial charge in [0.15, 0.2) is 0 Å². The lowest BCUT2D eigenvalue weighted by Gasteiger charge is -2.26. The Labute approximate surface area is 173 Å². The second-order valence-electron chi connectivity index (χ2n) is 9.35. The Kier molecular flexibility index (Phi) is 13.3. The number of esters is 2. The molecule has 0 aromatic heterocycles. The number of hydrogen-bond donors (Lipinski definition) is 0. The third-order valence-corrected chi connectivity index (χ3v) is 5.65. The second-order valence-corrected chi connectivity index (χ2v) is 9.35. The lowest BCUT2D eigenvalue weighted by Crippen LogP contribution is -2.30. The van der Waals surface area contributed by atoms with E-state index in [1.54, 1.807) is 0 Å². The van der Waals surface area contributed by atoms with Crippen molar-refractivity contribution in [2.24, 2.45) is 11.3 Å². The first-order valence-electron chi connectivity index (χ1n) is 11.8. The highest BCUT2D eigenvalue weighted by Gasteiger charge is 2.27. The molecule has 0 heterocycles. The highest BCUT2D eigenvalue weighted by molar-refractivity contribution is 5.72.